The van der Waals surface area contributed by atoms with Crippen molar-refractivity contribution < 1.29 is 43.2 Å². The maximum Gasteiger partial charge on any atom is 0.246 e. The van der Waals surface area contributed by atoms with Crippen LogP contribution in [0.15, 0.2) is 96.5 Å². The van der Waals surface area contributed by atoms with Gasteiger partial charge in [-0.05, 0) is 83.6 Å². The highest BCUT2D eigenvalue weighted by Gasteiger charge is 2.44. The number of fused-ring (bicyclic) bond motifs is 1. The van der Waals surface area contributed by atoms with Gasteiger partial charge in [-0.15, -0.1) is 22.7 Å². The first-order valence-corrected chi connectivity index (χ1v) is 24.9. The number of halogens is 1. The van der Waals surface area contributed by atoms with E-state index in [1.807, 2.05) is 87.8 Å². The number of amides is 3. The van der Waals surface area contributed by atoms with Gasteiger partial charge in [-0.3, -0.25) is 24.2 Å². The fraction of sp³-hybridized carbons (Fsp3) is 0.385. The predicted molar refractivity (Wildman–Crippen MR) is 266 cm³/mol. The van der Waals surface area contributed by atoms with Crippen molar-refractivity contribution in [1.82, 2.24) is 30.3 Å². The number of piperazine rings is 1. The molecular formula is C52H59FN6O8S2. The maximum absolute atomic E-state index is 14.0. The van der Waals surface area contributed by atoms with E-state index in [1.165, 1.54) is 28.4 Å². The van der Waals surface area contributed by atoms with Crippen LogP contribution in [0.25, 0.3) is 31.0 Å². The molecule has 0 radical (unpaired) electrons. The first-order valence-electron chi connectivity index (χ1n) is 23.2. The quantitative estimate of drug-likeness (QED) is 0.0632. The van der Waals surface area contributed by atoms with E-state index in [0.717, 1.165) is 80.7 Å². The molecule has 2 unspecified atom stereocenters. The van der Waals surface area contributed by atoms with Crippen molar-refractivity contribution >= 4 is 50.5 Å². The molecule has 8 rings (SSSR count). The second-order valence-electron chi connectivity index (χ2n) is 18.5. The van der Waals surface area contributed by atoms with Crippen LogP contribution in [0.2, 0.25) is 0 Å². The number of hydrogen-bond donors (Lipinski definition) is 4. The number of rotatable bonds is 18. The van der Waals surface area contributed by atoms with E-state index in [2.05, 4.69) is 25.4 Å². The Balaban J connectivity index is 0.734. The normalized spacial score (nSPS) is 17.2. The minimum atomic E-state index is -0.943. The summed E-state index contributed by atoms with van der Waals surface area (Å²) in [5.74, 6) is 0.614. The number of aromatic hydroxyl groups is 1. The number of phenols is 1. The van der Waals surface area contributed by atoms with Crippen molar-refractivity contribution in [2.75, 3.05) is 65.6 Å². The molecule has 2 aliphatic rings. The standard InChI is InChI=1S/C52H59FN6O8S2/c1-33-47(68-32-55-33)35-7-5-34(6-8-35)29-54-50(63)43-27-39(61)30-59(43)51(64)49(52(2,3)4)56-45(62)31-65-25-23-57-19-21-58(22-20-57)24-26-66-40-14-16-41(17-15-40)67-46-42-18-13-38(60)28-44(42)69-48(46)36-9-11-37(53)12-10-36/h5-18,28,32,39,43,49,60-61H,19-27,29-31H2,1-4H3,(H,54,63)(H,56,62)/t39?,43?,49-/m1/s1. The van der Waals surface area contributed by atoms with Crippen LogP contribution in [0, 0.1) is 18.2 Å². The lowest BCUT2D eigenvalue weighted by Crippen LogP contribution is -2.58. The van der Waals surface area contributed by atoms with Crippen molar-refractivity contribution in [2.24, 2.45) is 5.41 Å². The molecule has 0 spiro atoms. The summed E-state index contributed by atoms with van der Waals surface area (Å²) < 4.78 is 32.8. The summed E-state index contributed by atoms with van der Waals surface area (Å²) in [6, 6.07) is 24.9. The number of ether oxygens (including phenoxy) is 3. The number of nitrogens with zero attached hydrogens (tertiary/aromatic N) is 4. The molecule has 0 saturated carbocycles. The number of likely N-dealkylation sites (tertiary alicyclic amines) is 1. The number of hydrogen-bond acceptors (Lipinski definition) is 13. The third-order valence-corrected chi connectivity index (χ3v) is 14.6. The van der Waals surface area contributed by atoms with Gasteiger partial charge in [-0.1, -0.05) is 57.2 Å². The molecule has 4 N–H and O–H groups in total. The number of carbonyl (C=O) groups is 3. The summed E-state index contributed by atoms with van der Waals surface area (Å²) in [6.07, 6.45) is -0.757. The number of thiazole rings is 1. The molecule has 2 saturated heterocycles. The van der Waals surface area contributed by atoms with Crippen LogP contribution in [-0.4, -0.2) is 131 Å². The number of carbonyl (C=O) groups excluding carboxylic acids is 3. The lowest BCUT2D eigenvalue weighted by atomic mass is 9.85. The summed E-state index contributed by atoms with van der Waals surface area (Å²) in [4.78, 5) is 53.0. The Kier molecular flexibility index (Phi) is 15.9. The largest absolute Gasteiger partial charge is 0.508 e. The predicted octanol–water partition coefficient (Wildman–Crippen LogP) is 7.46. The highest BCUT2D eigenvalue weighted by atomic mass is 32.1. The van der Waals surface area contributed by atoms with E-state index in [9.17, 15) is 29.0 Å². The third kappa shape index (κ3) is 12.6. The zero-order chi connectivity index (χ0) is 48.7. The van der Waals surface area contributed by atoms with Gasteiger partial charge in [0, 0.05) is 68.9 Å². The summed E-state index contributed by atoms with van der Waals surface area (Å²) >= 11 is 3.05. The monoisotopic (exact) mass is 978 g/mol. The average molecular weight is 979 g/mol. The van der Waals surface area contributed by atoms with Crippen molar-refractivity contribution in [3.05, 3.63) is 114 Å². The SMILES string of the molecule is Cc1ncsc1-c1ccc(CNC(=O)C2CC(O)CN2C(=O)[C@@H](NC(=O)COCCN2CCN(CCOc3ccc(Oc4c(-c5ccc(F)cc5)sc5cc(O)ccc45)cc3)CC2)C(C)(C)C)cc1. The van der Waals surface area contributed by atoms with E-state index >= 15 is 0 Å². The first-order chi connectivity index (χ1) is 33.2. The zero-order valence-electron chi connectivity index (χ0n) is 39.3. The van der Waals surface area contributed by atoms with E-state index in [1.54, 1.807) is 35.6 Å². The van der Waals surface area contributed by atoms with Crippen LogP contribution in [0.4, 0.5) is 4.39 Å². The summed E-state index contributed by atoms with van der Waals surface area (Å²) in [7, 11) is 0. The zero-order valence-corrected chi connectivity index (χ0v) is 40.9. The van der Waals surface area contributed by atoms with Crippen LogP contribution >= 0.6 is 22.7 Å². The van der Waals surface area contributed by atoms with Gasteiger partial charge in [0.05, 0.1) is 33.7 Å². The molecule has 3 amide bonds. The Hall–Kier alpha value is -5.95. The fourth-order valence-electron chi connectivity index (χ4n) is 8.55. The Morgan fingerprint density at radius 3 is 2.19 bits per heavy atom. The highest BCUT2D eigenvalue weighted by Crippen LogP contribution is 2.47. The van der Waals surface area contributed by atoms with Gasteiger partial charge < -0.3 is 40.0 Å². The Morgan fingerprint density at radius 1 is 0.870 bits per heavy atom. The van der Waals surface area contributed by atoms with Gasteiger partial charge in [-0.25, -0.2) is 9.37 Å². The van der Waals surface area contributed by atoms with Gasteiger partial charge in [-0.2, -0.15) is 0 Å². The summed E-state index contributed by atoms with van der Waals surface area (Å²) in [5, 5.41) is 27.3. The fourth-order valence-corrected chi connectivity index (χ4v) is 10.5. The molecule has 364 valence electrons. The van der Waals surface area contributed by atoms with Crippen LogP contribution in [-0.2, 0) is 25.7 Å². The van der Waals surface area contributed by atoms with Gasteiger partial charge in [0.1, 0.15) is 48.4 Å². The van der Waals surface area contributed by atoms with Crippen molar-refractivity contribution in [2.45, 2.75) is 58.8 Å². The molecule has 69 heavy (non-hydrogen) atoms. The molecule has 4 heterocycles. The first kappa shape index (κ1) is 49.5. The second-order valence-corrected chi connectivity index (χ2v) is 20.5. The van der Waals surface area contributed by atoms with E-state index in [4.69, 9.17) is 14.2 Å². The minimum Gasteiger partial charge on any atom is -0.508 e. The lowest BCUT2D eigenvalue weighted by molar-refractivity contribution is -0.144. The number of benzene rings is 4. The Labute approximate surface area is 409 Å². The number of phenolic OH excluding ortho intramolecular Hbond substituents is 1. The maximum atomic E-state index is 14.0. The van der Waals surface area contributed by atoms with Crippen LogP contribution in [0.1, 0.15) is 38.4 Å². The number of aryl methyl sites for hydroxylation is 1. The summed E-state index contributed by atoms with van der Waals surface area (Å²) in [6.45, 7) is 13.3. The Bertz CT molecular complexity index is 2700. The van der Waals surface area contributed by atoms with Crippen LogP contribution in [0.5, 0.6) is 23.0 Å². The molecule has 3 atom stereocenters. The lowest BCUT2D eigenvalue weighted by Gasteiger charge is -2.35. The molecule has 0 bridgehead atoms. The molecule has 17 heteroatoms. The number of aromatic nitrogens is 1. The van der Waals surface area contributed by atoms with E-state index in [0.29, 0.717) is 31.3 Å². The molecular weight excluding hydrogens is 920 g/mol. The third-order valence-electron chi connectivity index (χ3n) is 12.4. The van der Waals surface area contributed by atoms with E-state index < -0.39 is 35.4 Å². The smallest absolute Gasteiger partial charge is 0.246 e. The number of nitrogens with one attached hydrogen (secondary N) is 2. The van der Waals surface area contributed by atoms with Crippen molar-refractivity contribution in [3.8, 4) is 43.9 Å². The van der Waals surface area contributed by atoms with Gasteiger partial charge in [0.25, 0.3) is 0 Å². The molecule has 0 aliphatic carbocycles. The molecule has 4 aromatic carbocycles. The molecule has 14 nitrogen and oxygen atoms in total. The van der Waals surface area contributed by atoms with Gasteiger partial charge in [0.2, 0.25) is 17.7 Å². The van der Waals surface area contributed by atoms with E-state index in [-0.39, 0.29) is 43.6 Å². The molecule has 2 aromatic heterocycles. The number of aliphatic hydroxyl groups excluding tert-OH is 1. The van der Waals surface area contributed by atoms with Gasteiger partial charge >= 0.3 is 0 Å². The Morgan fingerprint density at radius 2 is 1.52 bits per heavy atom. The second kappa shape index (κ2) is 22.2. The van der Waals surface area contributed by atoms with Crippen molar-refractivity contribution in [1.29, 1.82) is 0 Å². The minimum absolute atomic E-state index is 0.00445. The highest BCUT2D eigenvalue weighted by molar-refractivity contribution is 7.22. The molecule has 6 aromatic rings. The number of thiophene rings is 1. The van der Waals surface area contributed by atoms with Crippen LogP contribution in [0.3, 0.4) is 0 Å². The average Bonchev–Trinajstić information content (AvgIpc) is 4.05. The van der Waals surface area contributed by atoms with Crippen LogP contribution < -0.4 is 20.1 Å². The number of aliphatic hydroxyl groups is 1. The van der Waals surface area contributed by atoms with Crippen molar-refractivity contribution in [3.63, 3.8) is 0 Å². The molecule has 2 aliphatic heterocycles. The number of β-amino-alcohol motifs (C(OH)–C–C–N with tert-alkyl or cyclic N) is 1. The molecule has 2 fully saturated rings. The van der Waals surface area contributed by atoms with Gasteiger partial charge in [0.15, 0.2) is 5.75 Å². The summed E-state index contributed by atoms with van der Waals surface area (Å²) in [5.41, 5.74) is 4.87. The topological polar surface area (TPSA) is 166 Å².